The van der Waals surface area contributed by atoms with Gasteiger partial charge in [-0.05, 0) is 12.3 Å². The van der Waals surface area contributed by atoms with Gasteiger partial charge in [0.2, 0.25) is 0 Å². The highest BCUT2D eigenvalue weighted by atomic mass is 15.3. The van der Waals surface area contributed by atoms with Gasteiger partial charge in [-0.1, -0.05) is 13.3 Å². The number of aryl methyl sites for hydroxylation is 1. The Labute approximate surface area is 112 Å². The van der Waals surface area contributed by atoms with Crippen LogP contribution in [-0.2, 0) is 7.05 Å². The second-order valence-electron chi connectivity index (χ2n) is 5.27. The van der Waals surface area contributed by atoms with Crippen LogP contribution in [0.2, 0.25) is 0 Å². The number of fused-ring (bicyclic) bond motifs is 1. The molecule has 0 spiro atoms. The van der Waals surface area contributed by atoms with E-state index >= 15 is 0 Å². The van der Waals surface area contributed by atoms with Crippen LogP contribution < -0.4 is 10.6 Å². The van der Waals surface area contributed by atoms with Crippen molar-refractivity contribution in [2.75, 3.05) is 18.0 Å². The summed E-state index contributed by atoms with van der Waals surface area (Å²) in [7, 11) is 1.90. The van der Waals surface area contributed by atoms with E-state index in [0.717, 1.165) is 42.8 Å². The van der Waals surface area contributed by atoms with E-state index in [4.69, 9.17) is 5.73 Å². The minimum Gasteiger partial charge on any atom is -0.356 e. The topological polar surface area (TPSA) is 72.9 Å². The van der Waals surface area contributed by atoms with Crippen LogP contribution in [0.25, 0.3) is 11.0 Å². The number of anilines is 1. The Morgan fingerprint density at radius 1 is 1.42 bits per heavy atom. The SMILES string of the molecule is CCC1CN(c2ncnc3c2cnn3C)CCC1N. The number of aromatic nitrogens is 4. The first-order valence-corrected chi connectivity index (χ1v) is 6.84. The average molecular weight is 260 g/mol. The summed E-state index contributed by atoms with van der Waals surface area (Å²) >= 11 is 0. The molecule has 6 nitrogen and oxygen atoms in total. The van der Waals surface area contributed by atoms with Crippen LogP contribution in [0.4, 0.5) is 5.82 Å². The third-order valence-electron chi connectivity index (χ3n) is 4.13. The number of nitrogens with zero attached hydrogens (tertiary/aromatic N) is 5. The molecule has 0 amide bonds. The minimum atomic E-state index is 0.312. The molecule has 1 aliphatic heterocycles. The zero-order valence-electron chi connectivity index (χ0n) is 11.5. The number of rotatable bonds is 2. The van der Waals surface area contributed by atoms with Crippen LogP contribution in [0.15, 0.2) is 12.5 Å². The predicted molar refractivity (Wildman–Crippen MR) is 74.9 cm³/mol. The van der Waals surface area contributed by atoms with E-state index in [1.807, 2.05) is 13.2 Å². The molecule has 2 atom stereocenters. The average Bonchev–Trinajstić information content (AvgIpc) is 2.81. The van der Waals surface area contributed by atoms with E-state index in [9.17, 15) is 0 Å². The molecule has 2 aromatic heterocycles. The second-order valence-corrected chi connectivity index (χ2v) is 5.27. The van der Waals surface area contributed by atoms with Crippen molar-refractivity contribution in [3.05, 3.63) is 12.5 Å². The molecule has 1 aliphatic rings. The molecule has 0 radical (unpaired) electrons. The van der Waals surface area contributed by atoms with Crippen molar-refractivity contribution < 1.29 is 0 Å². The molecule has 2 aromatic rings. The van der Waals surface area contributed by atoms with Crippen LogP contribution >= 0.6 is 0 Å². The Kier molecular flexibility index (Phi) is 3.10. The Bertz CT molecular complexity index is 578. The summed E-state index contributed by atoms with van der Waals surface area (Å²) in [5.41, 5.74) is 7.05. The maximum absolute atomic E-state index is 6.17. The van der Waals surface area contributed by atoms with E-state index < -0.39 is 0 Å². The number of hydrogen-bond acceptors (Lipinski definition) is 5. The standard InChI is InChI=1S/C13H20N6/c1-3-9-7-19(5-4-11(9)14)13-10-6-17-18(2)12(10)15-8-16-13/h6,8-9,11H,3-5,7,14H2,1-2H3. The van der Waals surface area contributed by atoms with Crippen molar-refractivity contribution in [2.45, 2.75) is 25.8 Å². The van der Waals surface area contributed by atoms with Crippen LogP contribution in [0.5, 0.6) is 0 Å². The molecular formula is C13H20N6. The van der Waals surface area contributed by atoms with Gasteiger partial charge in [-0.15, -0.1) is 0 Å². The summed E-state index contributed by atoms with van der Waals surface area (Å²) in [6, 6.07) is 0.312. The van der Waals surface area contributed by atoms with E-state index in [1.54, 1.807) is 11.0 Å². The van der Waals surface area contributed by atoms with E-state index in [1.165, 1.54) is 0 Å². The fraction of sp³-hybridized carbons (Fsp3) is 0.615. The molecule has 3 rings (SSSR count). The second kappa shape index (κ2) is 4.77. The summed E-state index contributed by atoms with van der Waals surface area (Å²) in [5, 5.41) is 5.29. The molecule has 0 aliphatic carbocycles. The fourth-order valence-electron chi connectivity index (χ4n) is 2.88. The summed E-state index contributed by atoms with van der Waals surface area (Å²) in [4.78, 5) is 11.1. The highest BCUT2D eigenvalue weighted by Gasteiger charge is 2.27. The lowest BCUT2D eigenvalue weighted by molar-refractivity contribution is 0.347. The zero-order chi connectivity index (χ0) is 13.4. The fourth-order valence-corrected chi connectivity index (χ4v) is 2.88. The van der Waals surface area contributed by atoms with E-state index in [0.29, 0.717) is 12.0 Å². The lowest BCUT2D eigenvalue weighted by atomic mass is 9.90. The normalized spacial score (nSPS) is 24.1. The molecule has 2 N–H and O–H groups in total. The molecule has 2 unspecified atom stereocenters. The van der Waals surface area contributed by atoms with Crippen molar-refractivity contribution in [1.82, 2.24) is 19.7 Å². The summed E-state index contributed by atoms with van der Waals surface area (Å²) in [6.07, 6.45) is 5.60. The van der Waals surface area contributed by atoms with Crippen molar-refractivity contribution >= 4 is 16.9 Å². The van der Waals surface area contributed by atoms with Crippen molar-refractivity contribution in [1.29, 1.82) is 0 Å². The van der Waals surface area contributed by atoms with Gasteiger partial charge in [-0.3, -0.25) is 4.68 Å². The van der Waals surface area contributed by atoms with Gasteiger partial charge in [0, 0.05) is 26.2 Å². The Morgan fingerprint density at radius 2 is 2.26 bits per heavy atom. The number of hydrogen-bond donors (Lipinski definition) is 1. The maximum Gasteiger partial charge on any atom is 0.163 e. The van der Waals surface area contributed by atoms with Gasteiger partial charge < -0.3 is 10.6 Å². The first-order chi connectivity index (χ1) is 9.20. The van der Waals surface area contributed by atoms with Crippen LogP contribution in [0.3, 0.4) is 0 Å². The van der Waals surface area contributed by atoms with Gasteiger partial charge in [0.15, 0.2) is 5.65 Å². The molecular weight excluding hydrogens is 240 g/mol. The maximum atomic E-state index is 6.17. The first kappa shape index (κ1) is 12.3. The monoisotopic (exact) mass is 260 g/mol. The molecule has 19 heavy (non-hydrogen) atoms. The van der Waals surface area contributed by atoms with Crippen molar-refractivity contribution in [2.24, 2.45) is 18.7 Å². The smallest absolute Gasteiger partial charge is 0.163 e. The Morgan fingerprint density at radius 3 is 3.05 bits per heavy atom. The van der Waals surface area contributed by atoms with Gasteiger partial charge >= 0.3 is 0 Å². The lowest BCUT2D eigenvalue weighted by Crippen LogP contribution is -2.47. The lowest BCUT2D eigenvalue weighted by Gasteiger charge is -2.37. The van der Waals surface area contributed by atoms with Crippen LogP contribution in [-0.4, -0.2) is 38.9 Å². The highest BCUT2D eigenvalue weighted by molar-refractivity contribution is 5.86. The van der Waals surface area contributed by atoms with Crippen LogP contribution in [0.1, 0.15) is 19.8 Å². The van der Waals surface area contributed by atoms with Crippen molar-refractivity contribution in [3.8, 4) is 0 Å². The van der Waals surface area contributed by atoms with E-state index in [2.05, 4.69) is 26.9 Å². The molecule has 0 bridgehead atoms. The first-order valence-electron chi connectivity index (χ1n) is 6.84. The van der Waals surface area contributed by atoms with Gasteiger partial charge in [-0.25, -0.2) is 9.97 Å². The molecule has 6 heteroatoms. The van der Waals surface area contributed by atoms with E-state index in [-0.39, 0.29) is 0 Å². The van der Waals surface area contributed by atoms with Crippen LogP contribution in [0, 0.1) is 5.92 Å². The summed E-state index contributed by atoms with van der Waals surface area (Å²) < 4.78 is 1.79. The third-order valence-corrected chi connectivity index (χ3v) is 4.13. The minimum absolute atomic E-state index is 0.312. The zero-order valence-corrected chi connectivity index (χ0v) is 11.5. The molecule has 102 valence electrons. The predicted octanol–water partition coefficient (Wildman–Crippen LogP) is 0.927. The van der Waals surface area contributed by atoms with Gasteiger partial charge in [0.1, 0.15) is 12.1 Å². The van der Waals surface area contributed by atoms with Gasteiger partial charge in [0.25, 0.3) is 0 Å². The Balaban J connectivity index is 1.96. The Hall–Kier alpha value is -1.69. The molecule has 1 fully saturated rings. The number of piperidine rings is 1. The quantitative estimate of drug-likeness (QED) is 0.869. The summed E-state index contributed by atoms with van der Waals surface area (Å²) in [5.74, 6) is 1.53. The molecule has 3 heterocycles. The third kappa shape index (κ3) is 2.06. The summed E-state index contributed by atoms with van der Waals surface area (Å²) in [6.45, 7) is 4.13. The van der Waals surface area contributed by atoms with Gasteiger partial charge in [0.05, 0.1) is 11.6 Å². The number of nitrogens with two attached hydrogens (primary N) is 1. The molecule has 0 aromatic carbocycles. The molecule has 1 saturated heterocycles. The van der Waals surface area contributed by atoms with Gasteiger partial charge in [-0.2, -0.15) is 5.10 Å². The molecule has 0 saturated carbocycles. The highest BCUT2D eigenvalue weighted by Crippen LogP contribution is 2.27. The van der Waals surface area contributed by atoms with Crippen molar-refractivity contribution in [3.63, 3.8) is 0 Å². The largest absolute Gasteiger partial charge is 0.356 e.